The van der Waals surface area contributed by atoms with E-state index in [1.165, 1.54) is 35.5 Å². The van der Waals surface area contributed by atoms with E-state index in [4.69, 9.17) is 4.74 Å². The normalized spacial score (nSPS) is 21.2. The topological polar surface area (TPSA) is 134 Å². The number of nitrogens with zero attached hydrogens (tertiary/aromatic N) is 4. The summed E-state index contributed by atoms with van der Waals surface area (Å²) in [6.45, 7) is 0.507. The van der Waals surface area contributed by atoms with Crippen molar-refractivity contribution >= 4 is 41.3 Å². The fraction of sp³-hybridized carbons (Fsp3) is 0.417. The number of hydrogen-bond donors (Lipinski definition) is 2. The van der Waals surface area contributed by atoms with Crippen LogP contribution in [-0.4, -0.2) is 88.2 Å². The number of carbonyl (C=O) groups is 4. The van der Waals surface area contributed by atoms with Crippen LogP contribution >= 0.6 is 11.8 Å². The zero-order chi connectivity index (χ0) is 25.7. The molecule has 0 radical (unpaired) electrons. The zero-order valence-corrected chi connectivity index (χ0v) is 20.9. The van der Waals surface area contributed by atoms with E-state index in [9.17, 15) is 19.2 Å². The van der Waals surface area contributed by atoms with Crippen LogP contribution in [0, 0.1) is 0 Å². The van der Waals surface area contributed by atoms with Crippen LogP contribution in [0.4, 0.5) is 10.5 Å². The van der Waals surface area contributed by atoms with Crippen LogP contribution in [0.15, 0.2) is 47.8 Å². The smallest absolute Gasteiger partial charge is 0.328 e. The molecule has 4 rings (SSSR count). The van der Waals surface area contributed by atoms with Gasteiger partial charge in [0.15, 0.2) is 0 Å². The van der Waals surface area contributed by atoms with Gasteiger partial charge in [-0.15, -0.1) is 11.8 Å². The minimum Gasteiger partial charge on any atom is -0.467 e. The first-order valence-corrected chi connectivity index (χ1v) is 12.8. The third-order valence-corrected chi connectivity index (χ3v) is 7.03. The number of likely N-dealkylation sites (tertiary alicyclic amines) is 2. The molecule has 2 aromatic rings. The second-order valence-corrected chi connectivity index (χ2v) is 9.42. The Labute approximate surface area is 213 Å². The highest BCUT2D eigenvalue weighted by atomic mass is 32.2. The lowest BCUT2D eigenvalue weighted by Gasteiger charge is -2.30. The third-order valence-electron chi connectivity index (χ3n) is 6.30. The predicted octanol–water partition coefficient (Wildman–Crippen LogP) is 1.77. The van der Waals surface area contributed by atoms with Crippen molar-refractivity contribution < 1.29 is 23.9 Å². The number of methoxy groups -OCH3 is 1. The summed E-state index contributed by atoms with van der Waals surface area (Å²) in [4.78, 5) is 63.7. The van der Waals surface area contributed by atoms with Gasteiger partial charge in [0.1, 0.15) is 17.8 Å². The molecular formula is C24H28N6O5S. The number of benzene rings is 1. The van der Waals surface area contributed by atoms with Crippen LogP contribution in [0.5, 0.6) is 0 Å². The largest absolute Gasteiger partial charge is 0.467 e. The highest BCUT2D eigenvalue weighted by Crippen LogP contribution is 2.27. The number of aromatic nitrogens is 2. The molecule has 1 aromatic heterocycles. The first-order valence-electron chi connectivity index (χ1n) is 11.6. The third kappa shape index (κ3) is 5.59. The number of carbonyl (C=O) groups excluding carboxylic acids is 4. The van der Waals surface area contributed by atoms with Crippen LogP contribution in [-0.2, 0) is 14.3 Å². The highest BCUT2D eigenvalue weighted by molar-refractivity contribution is 7.98. The molecule has 2 aliphatic rings. The van der Waals surface area contributed by atoms with E-state index in [1.807, 2.05) is 24.5 Å². The molecule has 190 valence electrons. The number of amides is 4. The van der Waals surface area contributed by atoms with Crippen molar-refractivity contribution in [2.24, 2.45) is 0 Å². The molecule has 0 bridgehead atoms. The van der Waals surface area contributed by atoms with Crippen molar-refractivity contribution in [1.82, 2.24) is 25.1 Å². The van der Waals surface area contributed by atoms with Gasteiger partial charge in [-0.05, 0) is 43.7 Å². The second kappa shape index (κ2) is 11.4. The standard InChI is InChI=1S/C24H28N6O5S/c1-35-23(33)19-7-4-10-29(19)22(32)20-12-16(14-30(20)21(31)18-13-25-8-9-26-18)28-24(34)27-15-5-3-6-17(11-15)36-2/h3,5-6,8-9,11,13,16,19-20H,4,7,10,12,14H2,1-2H3,(H2,27,28,34). The van der Waals surface area contributed by atoms with E-state index in [0.717, 1.165) is 4.90 Å². The maximum Gasteiger partial charge on any atom is 0.328 e. The van der Waals surface area contributed by atoms with E-state index >= 15 is 0 Å². The summed E-state index contributed by atoms with van der Waals surface area (Å²) in [5.41, 5.74) is 0.732. The molecule has 3 unspecified atom stereocenters. The molecule has 0 aliphatic carbocycles. The fourth-order valence-electron chi connectivity index (χ4n) is 4.61. The predicted molar refractivity (Wildman–Crippen MR) is 132 cm³/mol. The van der Waals surface area contributed by atoms with Gasteiger partial charge in [-0.2, -0.15) is 0 Å². The SMILES string of the molecule is COC(=O)C1CCCN1C(=O)C1CC(NC(=O)Nc2cccc(SC)c2)CN1C(=O)c1cnccn1. The summed E-state index contributed by atoms with van der Waals surface area (Å²) >= 11 is 1.56. The Morgan fingerprint density at radius 2 is 1.97 bits per heavy atom. The number of urea groups is 1. The molecule has 2 fully saturated rings. The van der Waals surface area contributed by atoms with Crippen LogP contribution < -0.4 is 10.6 Å². The maximum absolute atomic E-state index is 13.6. The van der Waals surface area contributed by atoms with Gasteiger partial charge in [-0.3, -0.25) is 14.6 Å². The van der Waals surface area contributed by atoms with Gasteiger partial charge in [0.2, 0.25) is 5.91 Å². The average molecular weight is 513 g/mol. The summed E-state index contributed by atoms with van der Waals surface area (Å²) in [5, 5.41) is 5.67. The molecule has 2 aliphatic heterocycles. The van der Waals surface area contributed by atoms with Gasteiger partial charge in [-0.25, -0.2) is 14.6 Å². The Balaban J connectivity index is 1.51. The van der Waals surface area contributed by atoms with Crippen LogP contribution in [0.3, 0.4) is 0 Å². The maximum atomic E-state index is 13.6. The number of anilines is 1. The Morgan fingerprint density at radius 3 is 2.69 bits per heavy atom. The molecule has 3 heterocycles. The van der Waals surface area contributed by atoms with E-state index < -0.39 is 36.0 Å². The van der Waals surface area contributed by atoms with Crippen LogP contribution in [0.25, 0.3) is 0 Å². The number of esters is 1. The monoisotopic (exact) mass is 512 g/mol. The Kier molecular flexibility index (Phi) is 8.04. The minimum atomic E-state index is -0.866. The van der Waals surface area contributed by atoms with Gasteiger partial charge in [-0.1, -0.05) is 6.07 Å². The van der Waals surface area contributed by atoms with Gasteiger partial charge in [0.05, 0.1) is 19.3 Å². The van der Waals surface area contributed by atoms with Gasteiger partial charge < -0.3 is 25.2 Å². The van der Waals surface area contributed by atoms with Crippen LogP contribution in [0.2, 0.25) is 0 Å². The van der Waals surface area contributed by atoms with E-state index in [1.54, 1.807) is 17.8 Å². The number of rotatable bonds is 6. The Hall–Kier alpha value is -3.67. The second-order valence-electron chi connectivity index (χ2n) is 8.54. The molecule has 11 nitrogen and oxygen atoms in total. The van der Waals surface area contributed by atoms with Crippen LogP contribution in [0.1, 0.15) is 29.8 Å². The van der Waals surface area contributed by atoms with Gasteiger partial charge >= 0.3 is 12.0 Å². The molecule has 0 saturated carbocycles. The summed E-state index contributed by atoms with van der Waals surface area (Å²) in [7, 11) is 1.29. The molecule has 0 spiro atoms. The molecule has 36 heavy (non-hydrogen) atoms. The number of nitrogens with one attached hydrogen (secondary N) is 2. The van der Waals surface area contributed by atoms with Crippen molar-refractivity contribution in [2.45, 2.75) is 42.3 Å². The molecule has 4 amide bonds. The molecule has 2 saturated heterocycles. The molecular weight excluding hydrogens is 484 g/mol. The first-order chi connectivity index (χ1) is 17.4. The number of thioether (sulfide) groups is 1. The van der Waals surface area contributed by atoms with E-state index in [-0.39, 0.29) is 24.6 Å². The summed E-state index contributed by atoms with van der Waals surface area (Å²) < 4.78 is 4.87. The lowest BCUT2D eigenvalue weighted by atomic mass is 10.1. The Bertz CT molecular complexity index is 1130. The van der Waals surface area contributed by atoms with Crippen molar-refractivity contribution in [3.05, 3.63) is 48.5 Å². The summed E-state index contributed by atoms with van der Waals surface area (Å²) in [5.74, 6) is -1.29. The minimum absolute atomic E-state index is 0.0974. The molecule has 1 aromatic carbocycles. The fourth-order valence-corrected chi connectivity index (χ4v) is 5.07. The molecule has 3 atom stereocenters. The molecule has 2 N–H and O–H groups in total. The van der Waals surface area contributed by atoms with Crippen molar-refractivity contribution in [2.75, 3.05) is 31.8 Å². The van der Waals surface area contributed by atoms with Crippen molar-refractivity contribution in [3.8, 4) is 0 Å². The first kappa shape index (κ1) is 25.4. The highest BCUT2D eigenvalue weighted by Gasteiger charge is 2.46. The van der Waals surface area contributed by atoms with E-state index in [2.05, 4.69) is 20.6 Å². The van der Waals surface area contributed by atoms with Crippen molar-refractivity contribution in [1.29, 1.82) is 0 Å². The summed E-state index contributed by atoms with van der Waals surface area (Å²) in [6, 6.07) is 4.96. The lowest BCUT2D eigenvalue weighted by molar-refractivity contribution is -0.152. The lowest BCUT2D eigenvalue weighted by Crippen LogP contribution is -2.51. The molecule has 12 heteroatoms. The van der Waals surface area contributed by atoms with Gasteiger partial charge in [0, 0.05) is 36.1 Å². The number of ether oxygens (including phenoxy) is 1. The zero-order valence-electron chi connectivity index (χ0n) is 20.0. The average Bonchev–Trinajstić information content (AvgIpc) is 3.55. The Morgan fingerprint density at radius 1 is 1.14 bits per heavy atom. The quantitative estimate of drug-likeness (QED) is 0.442. The number of hydrogen-bond acceptors (Lipinski definition) is 8. The summed E-state index contributed by atoms with van der Waals surface area (Å²) in [6.07, 6.45) is 7.51. The van der Waals surface area contributed by atoms with E-state index in [0.29, 0.717) is 25.1 Å². The van der Waals surface area contributed by atoms with Gasteiger partial charge in [0.25, 0.3) is 5.91 Å². The van der Waals surface area contributed by atoms with Crippen molar-refractivity contribution in [3.63, 3.8) is 0 Å².